The van der Waals surface area contributed by atoms with E-state index >= 15 is 0 Å². The lowest BCUT2D eigenvalue weighted by Gasteiger charge is -2.46. The number of hydrogen-bond donors (Lipinski definition) is 1. The number of piperidine rings is 1. The van der Waals surface area contributed by atoms with E-state index in [1.807, 2.05) is 49.3 Å². The van der Waals surface area contributed by atoms with E-state index in [0.29, 0.717) is 6.54 Å². The maximum Gasteiger partial charge on any atom is 0.239 e. The number of thioether (sulfide) groups is 1. The number of hydrogen-bond acceptors (Lipinski definition) is 4. The van der Waals surface area contributed by atoms with Gasteiger partial charge >= 0.3 is 0 Å². The summed E-state index contributed by atoms with van der Waals surface area (Å²) in [4.78, 5) is 28.8. The quantitative estimate of drug-likeness (QED) is 0.853. The standard InChI is InChI=1S/C16H29N3O2S/c1-11(2)13(17)15(21)18-7-5-6-16(10-18)19(8-9-22-16)14(20)12(3)4/h11-13H,5-10,17H2,1-4H3/t13-,16?/m0/s1. The van der Waals surface area contributed by atoms with Crippen LogP contribution in [0.5, 0.6) is 0 Å². The third kappa shape index (κ3) is 3.27. The average molecular weight is 327 g/mol. The minimum absolute atomic E-state index is 0.000394. The molecular weight excluding hydrogens is 298 g/mol. The van der Waals surface area contributed by atoms with Crippen molar-refractivity contribution >= 4 is 23.6 Å². The van der Waals surface area contributed by atoms with Gasteiger partial charge < -0.3 is 15.5 Å². The highest BCUT2D eigenvalue weighted by Crippen LogP contribution is 2.43. The predicted octanol–water partition coefficient (Wildman–Crippen LogP) is 1.52. The van der Waals surface area contributed by atoms with Gasteiger partial charge in [-0.3, -0.25) is 9.59 Å². The van der Waals surface area contributed by atoms with Crippen molar-refractivity contribution in [3.05, 3.63) is 0 Å². The molecular formula is C16H29N3O2S. The molecule has 2 saturated heterocycles. The molecule has 2 rings (SSSR count). The Morgan fingerprint density at radius 3 is 2.41 bits per heavy atom. The first-order valence-corrected chi connectivity index (χ1v) is 9.27. The molecule has 0 aromatic heterocycles. The van der Waals surface area contributed by atoms with Crippen LogP contribution >= 0.6 is 11.8 Å². The van der Waals surface area contributed by atoms with Gasteiger partial charge in [0.15, 0.2) is 0 Å². The molecule has 126 valence electrons. The fraction of sp³-hybridized carbons (Fsp3) is 0.875. The molecule has 6 heteroatoms. The summed E-state index contributed by atoms with van der Waals surface area (Å²) in [5.41, 5.74) is 6.04. The molecule has 2 aliphatic heterocycles. The molecule has 2 amide bonds. The van der Waals surface area contributed by atoms with Gasteiger partial charge in [0.25, 0.3) is 0 Å². The van der Waals surface area contributed by atoms with Crippen LogP contribution in [0.2, 0.25) is 0 Å². The summed E-state index contributed by atoms with van der Waals surface area (Å²) in [6, 6.07) is -0.448. The first kappa shape index (κ1) is 17.6. The Bertz CT molecular complexity index is 441. The van der Waals surface area contributed by atoms with Crippen LogP contribution < -0.4 is 5.73 Å². The van der Waals surface area contributed by atoms with Crippen LogP contribution in [-0.4, -0.2) is 57.9 Å². The molecule has 1 spiro atoms. The SMILES string of the molecule is CC(C)C(=O)N1CCSC12CCCN(C(=O)[C@@H](N)C(C)C)C2. The van der Waals surface area contributed by atoms with Gasteiger partial charge in [-0.2, -0.15) is 0 Å². The Balaban J connectivity index is 2.15. The van der Waals surface area contributed by atoms with E-state index in [0.717, 1.165) is 31.7 Å². The zero-order chi connectivity index (χ0) is 16.5. The molecule has 2 fully saturated rings. The van der Waals surface area contributed by atoms with Gasteiger partial charge in [0.05, 0.1) is 12.6 Å². The van der Waals surface area contributed by atoms with Crippen LogP contribution in [0.15, 0.2) is 0 Å². The van der Waals surface area contributed by atoms with Crippen molar-refractivity contribution < 1.29 is 9.59 Å². The summed E-state index contributed by atoms with van der Waals surface area (Å²) in [5.74, 6) is 1.32. The normalized spacial score (nSPS) is 27.0. The van der Waals surface area contributed by atoms with Gasteiger partial charge in [0, 0.05) is 24.8 Å². The molecule has 5 nitrogen and oxygen atoms in total. The fourth-order valence-electron chi connectivity index (χ4n) is 3.26. The second kappa shape index (κ2) is 6.79. The molecule has 0 aromatic carbocycles. The summed E-state index contributed by atoms with van der Waals surface area (Å²) in [5, 5.41) is 0. The molecule has 2 N–H and O–H groups in total. The third-order valence-corrected chi connectivity index (χ3v) is 6.16. The lowest BCUT2D eigenvalue weighted by molar-refractivity contribution is -0.143. The van der Waals surface area contributed by atoms with E-state index in [1.165, 1.54) is 0 Å². The van der Waals surface area contributed by atoms with Crippen molar-refractivity contribution in [3.8, 4) is 0 Å². The van der Waals surface area contributed by atoms with Crippen molar-refractivity contribution in [3.63, 3.8) is 0 Å². The zero-order valence-corrected chi connectivity index (χ0v) is 15.0. The monoisotopic (exact) mass is 327 g/mol. The van der Waals surface area contributed by atoms with Crippen molar-refractivity contribution in [2.24, 2.45) is 17.6 Å². The molecule has 0 radical (unpaired) electrons. The van der Waals surface area contributed by atoms with Gasteiger partial charge in [0.1, 0.15) is 4.87 Å². The molecule has 2 aliphatic rings. The van der Waals surface area contributed by atoms with Gasteiger partial charge in [0.2, 0.25) is 11.8 Å². The number of amides is 2. The molecule has 0 aromatic rings. The molecule has 1 unspecified atom stereocenters. The lowest BCUT2D eigenvalue weighted by atomic mass is 9.98. The molecule has 0 bridgehead atoms. The van der Waals surface area contributed by atoms with E-state index in [2.05, 4.69) is 0 Å². The number of likely N-dealkylation sites (tertiary alicyclic amines) is 1. The van der Waals surface area contributed by atoms with Crippen molar-refractivity contribution in [2.45, 2.75) is 51.4 Å². The summed E-state index contributed by atoms with van der Waals surface area (Å²) in [6.45, 7) is 10.0. The minimum Gasteiger partial charge on any atom is -0.338 e. The smallest absolute Gasteiger partial charge is 0.239 e. The fourth-order valence-corrected chi connectivity index (χ4v) is 4.78. The van der Waals surface area contributed by atoms with Crippen molar-refractivity contribution in [1.29, 1.82) is 0 Å². The van der Waals surface area contributed by atoms with Gasteiger partial charge in [-0.15, -0.1) is 11.8 Å². The second-order valence-corrected chi connectivity index (χ2v) is 8.53. The van der Waals surface area contributed by atoms with E-state index in [4.69, 9.17) is 5.73 Å². The molecule has 0 saturated carbocycles. The molecule has 22 heavy (non-hydrogen) atoms. The Hall–Kier alpha value is -0.750. The highest BCUT2D eigenvalue weighted by molar-refractivity contribution is 8.00. The predicted molar refractivity (Wildman–Crippen MR) is 90.4 cm³/mol. The number of nitrogens with zero attached hydrogens (tertiary/aromatic N) is 2. The lowest BCUT2D eigenvalue weighted by Crippen LogP contribution is -2.60. The van der Waals surface area contributed by atoms with Crippen LogP contribution in [0.25, 0.3) is 0 Å². The topological polar surface area (TPSA) is 66.6 Å². The Morgan fingerprint density at radius 2 is 1.82 bits per heavy atom. The number of carbonyl (C=O) groups excluding carboxylic acids is 2. The minimum atomic E-state index is -0.448. The van der Waals surface area contributed by atoms with E-state index in [1.54, 1.807) is 0 Å². The summed E-state index contributed by atoms with van der Waals surface area (Å²) in [6.07, 6.45) is 1.91. The van der Waals surface area contributed by atoms with E-state index < -0.39 is 6.04 Å². The third-order valence-electron chi connectivity index (χ3n) is 4.69. The second-order valence-electron chi connectivity index (χ2n) is 7.07. The molecule has 0 aliphatic carbocycles. The largest absolute Gasteiger partial charge is 0.338 e. The van der Waals surface area contributed by atoms with Crippen LogP contribution in [0, 0.1) is 11.8 Å². The molecule has 2 heterocycles. The number of rotatable bonds is 3. The maximum atomic E-state index is 12.6. The van der Waals surface area contributed by atoms with Crippen LogP contribution in [0.1, 0.15) is 40.5 Å². The molecule has 2 atom stereocenters. The zero-order valence-electron chi connectivity index (χ0n) is 14.2. The Labute approximate surface area is 138 Å². The Morgan fingerprint density at radius 1 is 1.14 bits per heavy atom. The van der Waals surface area contributed by atoms with Crippen LogP contribution in [0.3, 0.4) is 0 Å². The number of nitrogens with two attached hydrogens (primary N) is 1. The highest BCUT2D eigenvalue weighted by Gasteiger charge is 2.48. The van der Waals surface area contributed by atoms with Crippen molar-refractivity contribution in [2.75, 3.05) is 25.4 Å². The first-order valence-electron chi connectivity index (χ1n) is 8.28. The van der Waals surface area contributed by atoms with E-state index in [-0.39, 0.29) is 28.5 Å². The Kier molecular flexibility index (Phi) is 5.43. The van der Waals surface area contributed by atoms with Gasteiger partial charge in [-0.05, 0) is 18.8 Å². The van der Waals surface area contributed by atoms with Crippen LogP contribution in [0.4, 0.5) is 0 Å². The average Bonchev–Trinajstić information content (AvgIpc) is 2.87. The van der Waals surface area contributed by atoms with Gasteiger partial charge in [-0.25, -0.2) is 0 Å². The summed E-state index contributed by atoms with van der Waals surface area (Å²) < 4.78 is 0. The maximum absolute atomic E-state index is 12.6. The van der Waals surface area contributed by atoms with Crippen LogP contribution in [-0.2, 0) is 9.59 Å². The highest BCUT2D eigenvalue weighted by atomic mass is 32.2. The van der Waals surface area contributed by atoms with E-state index in [9.17, 15) is 9.59 Å². The summed E-state index contributed by atoms with van der Waals surface area (Å²) >= 11 is 1.83. The summed E-state index contributed by atoms with van der Waals surface area (Å²) in [7, 11) is 0. The van der Waals surface area contributed by atoms with Gasteiger partial charge in [-0.1, -0.05) is 27.7 Å². The van der Waals surface area contributed by atoms with Crippen molar-refractivity contribution in [1.82, 2.24) is 9.80 Å². The number of carbonyl (C=O) groups is 2. The first-order chi connectivity index (χ1) is 10.3.